The maximum Gasteiger partial charge on any atom is 0.0931 e. The Hall–Kier alpha value is -1.36. The van der Waals surface area contributed by atoms with Crippen LogP contribution in [0, 0.1) is 0 Å². The van der Waals surface area contributed by atoms with Gasteiger partial charge in [0.1, 0.15) is 0 Å². The summed E-state index contributed by atoms with van der Waals surface area (Å²) in [6.07, 6.45) is 0. The summed E-state index contributed by atoms with van der Waals surface area (Å²) in [5.41, 5.74) is 2.27. The molecule has 0 aliphatic heterocycles. The molecule has 0 radical (unpaired) electrons. The van der Waals surface area contributed by atoms with Crippen LogP contribution in [0.3, 0.4) is 0 Å². The number of fused-ring (bicyclic) bond motifs is 1. The van der Waals surface area contributed by atoms with Crippen LogP contribution in [0.5, 0.6) is 0 Å². The van der Waals surface area contributed by atoms with Crippen LogP contribution >= 0.6 is 22.9 Å². The molecule has 0 unspecified atom stereocenters. The zero-order valence-corrected chi connectivity index (χ0v) is 13.7. The van der Waals surface area contributed by atoms with Crippen LogP contribution in [0.25, 0.3) is 10.9 Å². The molecule has 0 saturated heterocycles. The monoisotopic (exact) mass is 319 g/mol. The second kappa shape index (κ2) is 6.18. The highest BCUT2D eigenvalue weighted by Crippen LogP contribution is 2.24. The number of aromatic nitrogens is 2. The average molecular weight is 320 g/mol. The van der Waals surface area contributed by atoms with Crippen molar-refractivity contribution < 1.29 is 0 Å². The van der Waals surface area contributed by atoms with Gasteiger partial charge in [0, 0.05) is 22.8 Å². The Kier molecular flexibility index (Phi) is 4.29. The molecule has 5 heteroatoms. The summed E-state index contributed by atoms with van der Waals surface area (Å²) in [4.78, 5) is 1.22. The number of thiophene rings is 1. The molecule has 1 aromatic carbocycles. The van der Waals surface area contributed by atoms with Gasteiger partial charge >= 0.3 is 0 Å². The van der Waals surface area contributed by atoms with Crippen molar-refractivity contribution in [1.82, 2.24) is 15.1 Å². The predicted octanol–water partition coefficient (Wildman–Crippen LogP) is 4.30. The Balaban J connectivity index is 1.94. The third kappa shape index (κ3) is 3.28. The predicted molar refractivity (Wildman–Crippen MR) is 90.1 cm³/mol. The van der Waals surface area contributed by atoms with Crippen molar-refractivity contribution in [2.24, 2.45) is 0 Å². The topological polar surface area (TPSA) is 29.9 Å². The normalized spacial score (nSPS) is 11.6. The van der Waals surface area contributed by atoms with Crippen molar-refractivity contribution in [3.63, 3.8) is 0 Å². The highest BCUT2D eigenvalue weighted by atomic mass is 35.5. The lowest BCUT2D eigenvalue weighted by Gasteiger charge is -2.05. The van der Waals surface area contributed by atoms with Gasteiger partial charge in [-0.1, -0.05) is 43.6 Å². The van der Waals surface area contributed by atoms with E-state index in [1.165, 1.54) is 15.8 Å². The molecule has 0 amide bonds. The van der Waals surface area contributed by atoms with E-state index >= 15 is 0 Å². The molecule has 0 bridgehead atoms. The van der Waals surface area contributed by atoms with E-state index in [-0.39, 0.29) is 0 Å². The summed E-state index contributed by atoms with van der Waals surface area (Å²) in [5.74, 6) is 0. The van der Waals surface area contributed by atoms with E-state index in [1.807, 2.05) is 6.07 Å². The first-order chi connectivity index (χ1) is 10.1. The first-order valence-electron chi connectivity index (χ1n) is 7.05. The van der Waals surface area contributed by atoms with Crippen molar-refractivity contribution in [1.29, 1.82) is 0 Å². The molecule has 3 nitrogen and oxygen atoms in total. The number of nitrogens with one attached hydrogen (secondary N) is 1. The summed E-state index contributed by atoms with van der Waals surface area (Å²) < 4.78 is 2.89. The highest BCUT2D eigenvalue weighted by Gasteiger charge is 2.11. The lowest BCUT2D eigenvalue weighted by Crippen LogP contribution is -2.22. The molecule has 21 heavy (non-hydrogen) atoms. The second-order valence-electron chi connectivity index (χ2n) is 5.36. The molecule has 0 aliphatic carbocycles. The van der Waals surface area contributed by atoms with Crippen LogP contribution in [0.4, 0.5) is 0 Å². The molecule has 0 fully saturated rings. The smallest absolute Gasteiger partial charge is 0.0931 e. The summed E-state index contributed by atoms with van der Waals surface area (Å²) in [6, 6.07) is 12.8. The van der Waals surface area contributed by atoms with Crippen molar-refractivity contribution in [3.8, 4) is 0 Å². The molecule has 3 aromatic rings. The fourth-order valence-corrected chi connectivity index (χ4v) is 3.40. The van der Waals surface area contributed by atoms with Gasteiger partial charge in [0.05, 0.1) is 22.1 Å². The molecule has 2 aromatic heterocycles. The Morgan fingerprint density at radius 3 is 2.76 bits per heavy atom. The zero-order valence-electron chi connectivity index (χ0n) is 12.1. The van der Waals surface area contributed by atoms with E-state index in [2.05, 4.69) is 54.2 Å². The number of nitrogens with zero attached hydrogens (tertiary/aromatic N) is 2. The minimum absolute atomic E-state index is 0.449. The molecular weight excluding hydrogens is 302 g/mol. The van der Waals surface area contributed by atoms with E-state index in [0.29, 0.717) is 6.04 Å². The number of hydrogen-bond acceptors (Lipinski definition) is 3. The highest BCUT2D eigenvalue weighted by molar-refractivity contribution is 7.16. The summed E-state index contributed by atoms with van der Waals surface area (Å²) >= 11 is 7.62. The number of benzene rings is 1. The molecule has 2 heterocycles. The molecule has 0 spiro atoms. The van der Waals surface area contributed by atoms with Gasteiger partial charge in [0.15, 0.2) is 0 Å². The maximum atomic E-state index is 6.01. The van der Waals surface area contributed by atoms with Crippen LogP contribution in [0.15, 0.2) is 36.4 Å². The SMILES string of the molecule is CC(C)NCc1nn(Cc2ccc(Cl)s2)c2ccccc12. The molecule has 1 N–H and O–H groups in total. The molecular formula is C16H18ClN3S. The van der Waals surface area contributed by atoms with E-state index in [1.54, 1.807) is 11.3 Å². The first-order valence-corrected chi connectivity index (χ1v) is 8.25. The second-order valence-corrected chi connectivity index (χ2v) is 7.16. The lowest BCUT2D eigenvalue weighted by molar-refractivity contribution is 0.573. The number of halogens is 1. The van der Waals surface area contributed by atoms with Gasteiger partial charge < -0.3 is 5.32 Å². The minimum atomic E-state index is 0.449. The van der Waals surface area contributed by atoms with E-state index in [9.17, 15) is 0 Å². The average Bonchev–Trinajstić information content (AvgIpc) is 3.02. The molecule has 110 valence electrons. The molecule has 3 rings (SSSR count). The Morgan fingerprint density at radius 1 is 1.24 bits per heavy atom. The third-order valence-corrected chi connectivity index (χ3v) is 4.56. The summed E-state index contributed by atoms with van der Waals surface area (Å²) in [6.45, 7) is 5.84. The maximum absolute atomic E-state index is 6.01. The van der Waals surface area contributed by atoms with Gasteiger partial charge in [-0.15, -0.1) is 11.3 Å². The Morgan fingerprint density at radius 2 is 2.05 bits per heavy atom. The minimum Gasteiger partial charge on any atom is -0.309 e. The lowest BCUT2D eigenvalue weighted by atomic mass is 10.2. The van der Waals surface area contributed by atoms with Gasteiger partial charge in [-0.05, 0) is 18.2 Å². The van der Waals surface area contributed by atoms with Gasteiger partial charge in [-0.2, -0.15) is 5.10 Å². The van der Waals surface area contributed by atoms with Crippen molar-refractivity contribution >= 4 is 33.8 Å². The van der Waals surface area contributed by atoms with Crippen molar-refractivity contribution in [2.75, 3.05) is 0 Å². The fraction of sp³-hybridized carbons (Fsp3) is 0.312. The number of rotatable bonds is 5. The Labute approximate surface area is 133 Å². The molecule has 0 aliphatic rings. The molecule has 0 atom stereocenters. The van der Waals surface area contributed by atoms with Crippen LogP contribution in [-0.4, -0.2) is 15.8 Å². The van der Waals surface area contributed by atoms with E-state index in [4.69, 9.17) is 16.7 Å². The quantitative estimate of drug-likeness (QED) is 0.760. The van der Waals surface area contributed by atoms with Crippen LogP contribution < -0.4 is 5.32 Å². The summed E-state index contributed by atoms with van der Waals surface area (Å²) in [5, 5.41) is 9.44. The Bertz CT molecular complexity index is 745. The van der Waals surface area contributed by atoms with Crippen LogP contribution in [-0.2, 0) is 13.1 Å². The molecule has 0 saturated carbocycles. The third-order valence-electron chi connectivity index (χ3n) is 3.35. The standard InChI is InChI=1S/C16H18ClN3S/c1-11(2)18-9-14-13-5-3-4-6-15(13)20(19-14)10-12-7-8-16(17)21-12/h3-8,11,18H,9-10H2,1-2H3. The number of para-hydroxylation sites is 1. The van der Waals surface area contributed by atoms with Crippen LogP contribution in [0.2, 0.25) is 4.34 Å². The fourth-order valence-electron chi connectivity index (χ4n) is 2.33. The van der Waals surface area contributed by atoms with Gasteiger partial charge in [-0.3, -0.25) is 4.68 Å². The first kappa shape index (κ1) is 14.6. The van der Waals surface area contributed by atoms with Crippen LogP contribution in [0.1, 0.15) is 24.4 Å². The van der Waals surface area contributed by atoms with E-state index in [0.717, 1.165) is 23.1 Å². The van der Waals surface area contributed by atoms with Crippen molar-refractivity contribution in [3.05, 3.63) is 51.3 Å². The van der Waals surface area contributed by atoms with Crippen molar-refractivity contribution in [2.45, 2.75) is 33.0 Å². The van der Waals surface area contributed by atoms with E-state index < -0.39 is 0 Å². The largest absolute Gasteiger partial charge is 0.309 e. The van der Waals surface area contributed by atoms with Gasteiger partial charge in [-0.25, -0.2) is 0 Å². The zero-order chi connectivity index (χ0) is 14.8. The summed E-state index contributed by atoms with van der Waals surface area (Å²) in [7, 11) is 0. The number of hydrogen-bond donors (Lipinski definition) is 1. The van der Waals surface area contributed by atoms with Gasteiger partial charge in [0.2, 0.25) is 0 Å². The van der Waals surface area contributed by atoms with Gasteiger partial charge in [0.25, 0.3) is 0 Å².